The molecule has 2 unspecified atom stereocenters. The highest BCUT2D eigenvalue weighted by atomic mass is 127. The van der Waals surface area contributed by atoms with Crippen molar-refractivity contribution in [2.45, 2.75) is 48.1 Å². The molecular formula is C11H16F5IO2. The van der Waals surface area contributed by atoms with E-state index in [1.807, 2.05) is 0 Å². The number of hydrogen-bond donors (Lipinski definition) is 2. The number of allylic oxidation sites excluding steroid dienone is 1. The average Bonchev–Trinajstić information content (AvgIpc) is 2.32. The molecule has 0 aromatic carbocycles. The number of unbranched alkanes of at least 4 members (excludes halogenated alkanes) is 1. The Balaban J connectivity index is 4.04. The van der Waals surface area contributed by atoms with Crippen LogP contribution in [0.25, 0.3) is 0 Å². The molecule has 0 amide bonds. The number of hydrogen-bond acceptors (Lipinski definition) is 2. The van der Waals surface area contributed by atoms with Crippen LogP contribution in [0, 0.1) is 0 Å². The first-order valence-corrected chi connectivity index (χ1v) is 6.97. The molecule has 0 aromatic rings. The van der Waals surface area contributed by atoms with Crippen LogP contribution in [0.3, 0.4) is 0 Å². The maximum Gasteiger partial charge on any atom is 0.307 e. The van der Waals surface area contributed by atoms with Gasteiger partial charge in [-0.3, -0.25) is 0 Å². The van der Waals surface area contributed by atoms with Crippen molar-refractivity contribution in [1.82, 2.24) is 0 Å². The summed E-state index contributed by atoms with van der Waals surface area (Å²) in [6, 6.07) is 0. The van der Waals surface area contributed by atoms with Gasteiger partial charge in [0, 0.05) is 10.3 Å². The minimum atomic E-state index is -4.14. The van der Waals surface area contributed by atoms with E-state index in [4.69, 9.17) is 10.2 Å². The van der Waals surface area contributed by atoms with Gasteiger partial charge in [0.25, 0.3) is 0 Å². The number of halogens is 6. The first kappa shape index (κ1) is 19.0. The molecule has 19 heavy (non-hydrogen) atoms. The fourth-order valence-electron chi connectivity index (χ4n) is 1.45. The fourth-order valence-corrected chi connectivity index (χ4v) is 2.44. The molecule has 0 saturated heterocycles. The van der Waals surface area contributed by atoms with Gasteiger partial charge in [0.2, 0.25) is 5.83 Å². The maximum absolute atomic E-state index is 13.0. The molecule has 0 bridgehead atoms. The summed E-state index contributed by atoms with van der Waals surface area (Å²) in [6.07, 6.45) is -3.17. The van der Waals surface area contributed by atoms with E-state index in [2.05, 4.69) is 0 Å². The van der Waals surface area contributed by atoms with Gasteiger partial charge in [-0.2, -0.15) is 22.0 Å². The van der Waals surface area contributed by atoms with Crippen LogP contribution in [0.2, 0.25) is 0 Å². The lowest BCUT2D eigenvalue weighted by atomic mass is 10.1. The minimum Gasteiger partial charge on any atom is -0.394 e. The van der Waals surface area contributed by atoms with Crippen LogP contribution in [0.4, 0.5) is 22.0 Å². The van der Waals surface area contributed by atoms with Gasteiger partial charge >= 0.3 is 12.0 Å². The van der Waals surface area contributed by atoms with Crippen molar-refractivity contribution in [1.29, 1.82) is 0 Å². The van der Waals surface area contributed by atoms with Crippen LogP contribution in [-0.4, -0.2) is 32.8 Å². The molecule has 2 N–H and O–H groups in total. The Hall–Kier alpha value is 0.0400. The van der Waals surface area contributed by atoms with Gasteiger partial charge in [-0.05, 0) is 12.8 Å². The molecule has 0 heterocycles. The molecular weight excluding hydrogens is 386 g/mol. The van der Waals surface area contributed by atoms with Gasteiger partial charge in [-0.25, -0.2) is 0 Å². The summed E-state index contributed by atoms with van der Waals surface area (Å²) in [5, 5.41) is 17.6. The topological polar surface area (TPSA) is 40.5 Å². The number of aliphatic hydroxyl groups excluding tert-OH is 2. The van der Waals surface area contributed by atoms with Crippen molar-refractivity contribution < 1.29 is 32.2 Å². The van der Waals surface area contributed by atoms with Crippen LogP contribution < -0.4 is 0 Å². The second kappa shape index (κ2) is 9.06. The second-order valence-electron chi connectivity index (χ2n) is 4.20. The minimum absolute atomic E-state index is 0.301. The molecule has 114 valence electrons. The Labute approximate surface area is 121 Å². The van der Waals surface area contributed by atoms with E-state index in [-0.39, 0.29) is 6.61 Å². The Kier molecular flexibility index (Phi) is 9.08. The van der Waals surface area contributed by atoms with Gasteiger partial charge < -0.3 is 10.2 Å². The molecule has 0 saturated carbocycles. The summed E-state index contributed by atoms with van der Waals surface area (Å²) < 4.78 is 61.5. The van der Waals surface area contributed by atoms with Crippen molar-refractivity contribution in [3.05, 3.63) is 11.9 Å². The molecule has 0 radical (unpaired) electrons. The highest BCUT2D eigenvalue weighted by Crippen LogP contribution is 2.36. The van der Waals surface area contributed by atoms with Crippen LogP contribution in [0.5, 0.6) is 0 Å². The molecule has 8 heteroatoms. The predicted molar refractivity (Wildman–Crippen MR) is 69.3 cm³/mol. The SMILES string of the molecule is OCC(O)CCCCC(I)CC(F)(F)C(F)=C(F)F. The van der Waals surface area contributed by atoms with Crippen LogP contribution >= 0.6 is 22.6 Å². The first-order chi connectivity index (χ1) is 8.70. The van der Waals surface area contributed by atoms with E-state index in [0.717, 1.165) is 0 Å². The Morgan fingerprint density at radius 1 is 1.11 bits per heavy atom. The summed E-state index contributed by atoms with van der Waals surface area (Å²) >= 11 is 1.66. The molecule has 0 aliphatic carbocycles. The van der Waals surface area contributed by atoms with Gasteiger partial charge in [0.1, 0.15) is 0 Å². The number of aliphatic hydroxyl groups is 2. The highest BCUT2D eigenvalue weighted by molar-refractivity contribution is 14.1. The highest BCUT2D eigenvalue weighted by Gasteiger charge is 2.40. The molecule has 2 atom stereocenters. The molecule has 0 aliphatic heterocycles. The Morgan fingerprint density at radius 3 is 2.11 bits per heavy atom. The Bertz CT molecular complexity index is 295. The van der Waals surface area contributed by atoms with Crippen molar-refractivity contribution in [2.24, 2.45) is 0 Å². The lowest BCUT2D eigenvalue weighted by Gasteiger charge is -2.17. The van der Waals surface area contributed by atoms with E-state index in [0.29, 0.717) is 25.7 Å². The Morgan fingerprint density at radius 2 is 1.63 bits per heavy atom. The van der Waals surface area contributed by atoms with Gasteiger partial charge in [0.05, 0.1) is 12.7 Å². The zero-order valence-corrected chi connectivity index (χ0v) is 12.2. The molecule has 0 aromatic heterocycles. The zero-order chi connectivity index (χ0) is 15.1. The third-order valence-electron chi connectivity index (χ3n) is 2.48. The molecule has 0 aliphatic rings. The molecule has 2 nitrogen and oxygen atoms in total. The predicted octanol–water partition coefficient (Wildman–Crippen LogP) is 3.81. The largest absolute Gasteiger partial charge is 0.394 e. The zero-order valence-electron chi connectivity index (χ0n) is 10.1. The van der Waals surface area contributed by atoms with Crippen LogP contribution in [0.15, 0.2) is 11.9 Å². The van der Waals surface area contributed by atoms with Crippen molar-refractivity contribution in [3.8, 4) is 0 Å². The fraction of sp³-hybridized carbons (Fsp3) is 0.818. The normalized spacial score (nSPS) is 15.2. The first-order valence-electron chi connectivity index (χ1n) is 5.72. The third-order valence-corrected chi connectivity index (χ3v) is 3.54. The van der Waals surface area contributed by atoms with E-state index < -0.39 is 34.3 Å². The smallest absolute Gasteiger partial charge is 0.307 e. The number of alkyl halides is 3. The average molecular weight is 402 g/mol. The van der Waals surface area contributed by atoms with E-state index >= 15 is 0 Å². The molecule has 0 rings (SSSR count). The maximum atomic E-state index is 13.0. The summed E-state index contributed by atoms with van der Waals surface area (Å²) in [6.45, 7) is -0.364. The summed E-state index contributed by atoms with van der Waals surface area (Å²) in [5.74, 6) is -6.81. The van der Waals surface area contributed by atoms with Crippen molar-refractivity contribution in [2.75, 3.05) is 6.61 Å². The quantitative estimate of drug-likeness (QED) is 0.267. The van der Waals surface area contributed by atoms with E-state index in [1.165, 1.54) is 0 Å². The van der Waals surface area contributed by atoms with Crippen LogP contribution in [0.1, 0.15) is 32.1 Å². The second-order valence-corrected chi connectivity index (χ2v) is 5.96. The third kappa shape index (κ3) is 8.03. The standard InChI is InChI=1S/C11H16F5IO2/c12-9(10(13)14)11(15,16)5-7(17)3-1-2-4-8(19)6-18/h7-8,18-19H,1-6H2. The monoisotopic (exact) mass is 402 g/mol. The van der Waals surface area contributed by atoms with Gasteiger partial charge in [-0.15, -0.1) is 0 Å². The number of rotatable bonds is 9. The molecule has 0 spiro atoms. The van der Waals surface area contributed by atoms with Gasteiger partial charge in [-0.1, -0.05) is 35.4 Å². The molecule has 0 fully saturated rings. The van der Waals surface area contributed by atoms with E-state index in [1.54, 1.807) is 22.6 Å². The van der Waals surface area contributed by atoms with Crippen LogP contribution in [-0.2, 0) is 0 Å². The summed E-state index contributed by atoms with van der Waals surface area (Å²) in [7, 11) is 0. The van der Waals surface area contributed by atoms with Crippen molar-refractivity contribution in [3.63, 3.8) is 0 Å². The summed E-state index contributed by atoms with van der Waals surface area (Å²) in [5.41, 5.74) is 0. The van der Waals surface area contributed by atoms with Gasteiger partial charge in [0.15, 0.2) is 0 Å². The lowest BCUT2D eigenvalue weighted by Crippen LogP contribution is -2.22. The summed E-state index contributed by atoms with van der Waals surface area (Å²) in [4.78, 5) is 0. The van der Waals surface area contributed by atoms with Crippen molar-refractivity contribution >= 4 is 22.6 Å². The lowest BCUT2D eigenvalue weighted by molar-refractivity contribution is 0.00264. The van der Waals surface area contributed by atoms with E-state index in [9.17, 15) is 22.0 Å².